The highest BCUT2D eigenvalue weighted by molar-refractivity contribution is 5.89. The molecule has 0 bridgehead atoms. The molecule has 1 N–H and O–H groups in total. The van der Waals surface area contributed by atoms with Crippen LogP contribution < -0.4 is 10.1 Å². The van der Waals surface area contributed by atoms with Gasteiger partial charge in [0.05, 0.1) is 29.5 Å². The van der Waals surface area contributed by atoms with Crippen molar-refractivity contribution in [3.8, 4) is 17.0 Å². The number of aromatic nitrogens is 4. The molecule has 8 nitrogen and oxygen atoms in total. The number of nitrogens with one attached hydrogen (secondary N) is 1. The van der Waals surface area contributed by atoms with Gasteiger partial charge in [-0.2, -0.15) is 5.10 Å². The molecule has 0 atom stereocenters. The van der Waals surface area contributed by atoms with E-state index in [2.05, 4.69) is 15.0 Å². The predicted octanol–water partition coefficient (Wildman–Crippen LogP) is 4.53. The Kier molecular flexibility index (Phi) is 5.26. The van der Waals surface area contributed by atoms with E-state index in [4.69, 9.17) is 14.5 Å². The standard InChI is InChI=1S/C24H25N5O3/c1-28-17(14-19(27-28)18-7-3-4-8-22(18)31-2)15-32-24(30)25-16-10-11-21-20(13-16)26-23-9-5-6-12-29(21)23/h3-4,7-8,10-11,13-14H,5-6,9,12,15H2,1-2H3,(H,25,30). The summed E-state index contributed by atoms with van der Waals surface area (Å²) >= 11 is 0. The summed E-state index contributed by atoms with van der Waals surface area (Å²) in [5, 5.41) is 7.33. The smallest absolute Gasteiger partial charge is 0.412 e. The summed E-state index contributed by atoms with van der Waals surface area (Å²) in [6.45, 7) is 1.10. The first-order chi connectivity index (χ1) is 15.6. The Bertz CT molecular complexity index is 1290. The van der Waals surface area contributed by atoms with Gasteiger partial charge in [0.15, 0.2) is 0 Å². The van der Waals surface area contributed by atoms with Crippen molar-refractivity contribution in [3.05, 3.63) is 60.0 Å². The Morgan fingerprint density at radius 3 is 2.91 bits per heavy atom. The van der Waals surface area contributed by atoms with Crippen LogP contribution in [0.5, 0.6) is 5.75 Å². The molecule has 1 aliphatic heterocycles. The van der Waals surface area contributed by atoms with Crippen LogP contribution in [0.2, 0.25) is 0 Å². The maximum absolute atomic E-state index is 12.4. The second-order valence-electron chi connectivity index (χ2n) is 7.89. The number of amides is 1. The molecule has 0 radical (unpaired) electrons. The van der Waals surface area contributed by atoms with Gasteiger partial charge in [-0.05, 0) is 49.2 Å². The summed E-state index contributed by atoms with van der Waals surface area (Å²) in [4.78, 5) is 17.1. The molecule has 1 amide bonds. The fourth-order valence-corrected chi connectivity index (χ4v) is 4.17. The summed E-state index contributed by atoms with van der Waals surface area (Å²) in [6.07, 6.45) is 2.83. The van der Waals surface area contributed by atoms with Gasteiger partial charge in [0.2, 0.25) is 0 Å². The quantitative estimate of drug-likeness (QED) is 0.502. The third-order valence-corrected chi connectivity index (χ3v) is 5.82. The first-order valence-corrected chi connectivity index (χ1v) is 10.7. The minimum Gasteiger partial charge on any atom is -0.496 e. The van der Waals surface area contributed by atoms with Crippen LogP contribution in [0.15, 0.2) is 48.5 Å². The molecule has 0 saturated carbocycles. The monoisotopic (exact) mass is 431 g/mol. The molecule has 5 rings (SSSR count). The van der Waals surface area contributed by atoms with Crippen LogP contribution in [0, 0.1) is 0 Å². The van der Waals surface area contributed by atoms with Crippen LogP contribution in [0.4, 0.5) is 10.5 Å². The molecule has 164 valence electrons. The average Bonchev–Trinajstić information content (AvgIpc) is 3.37. The fraction of sp³-hybridized carbons (Fsp3) is 0.292. The van der Waals surface area contributed by atoms with E-state index in [1.54, 1.807) is 11.8 Å². The molecular formula is C24H25N5O3. The number of rotatable bonds is 5. The third-order valence-electron chi connectivity index (χ3n) is 5.82. The highest BCUT2D eigenvalue weighted by atomic mass is 16.5. The SMILES string of the molecule is COc1ccccc1-c1cc(COC(=O)Nc2ccc3c(c2)nc2n3CCCC2)n(C)n1. The lowest BCUT2D eigenvalue weighted by molar-refractivity contribution is 0.152. The number of para-hydroxylation sites is 1. The van der Waals surface area contributed by atoms with Gasteiger partial charge < -0.3 is 14.0 Å². The van der Waals surface area contributed by atoms with Crippen LogP contribution in [0.3, 0.4) is 0 Å². The number of ether oxygens (including phenoxy) is 2. The van der Waals surface area contributed by atoms with Crippen LogP contribution in [-0.4, -0.2) is 32.5 Å². The summed E-state index contributed by atoms with van der Waals surface area (Å²) in [5.74, 6) is 1.86. The maximum atomic E-state index is 12.4. The lowest BCUT2D eigenvalue weighted by Gasteiger charge is -2.13. The maximum Gasteiger partial charge on any atom is 0.412 e. The van der Waals surface area contributed by atoms with Crippen molar-refractivity contribution >= 4 is 22.8 Å². The minimum atomic E-state index is -0.520. The molecular weight excluding hydrogens is 406 g/mol. The zero-order valence-electron chi connectivity index (χ0n) is 18.2. The summed E-state index contributed by atoms with van der Waals surface area (Å²) in [6, 6.07) is 15.4. The van der Waals surface area contributed by atoms with E-state index in [1.165, 1.54) is 12.8 Å². The van der Waals surface area contributed by atoms with E-state index in [9.17, 15) is 4.79 Å². The van der Waals surface area contributed by atoms with E-state index in [0.717, 1.165) is 52.5 Å². The molecule has 0 unspecified atom stereocenters. The van der Waals surface area contributed by atoms with Crippen LogP contribution in [-0.2, 0) is 31.4 Å². The number of hydrogen-bond acceptors (Lipinski definition) is 5. The summed E-state index contributed by atoms with van der Waals surface area (Å²) < 4.78 is 14.8. The second-order valence-corrected chi connectivity index (χ2v) is 7.89. The molecule has 2 aromatic heterocycles. The predicted molar refractivity (Wildman–Crippen MR) is 122 cm³/mol. The molecule has 3 heterocycles. The zero-order chi connectivity index (χ0) is 22.1. The minimum absolute atomic E-state index is 0.103. The molecule has 32 heavy (non-hydrogen) atoms. The topological polar surface area (TPSA) is 83.2 Å². The second kappa shape index (κ2) is 8.37. The van der Waals surface area contributed by atoms with Crippen molar-refractivity contribution < 1.29 is 14.3 Å². The first kappa shape index (κ1) is 20.1. The number of imidazole rings is 1. The Balaban J connectivity index is 1.26. The van der Waals surface area contributed by atoms with E-state index in [1.807, 2.05) is 55.6 Å². The molecule has 0 fully saturated rings. The van der Waals surface area contributed by atoms with E-state index in [0.29, 0.717) is 5.69 Å². The number of carbonyl (C=O) groups excluding carboxylic acids is 1. The lowest BCUT2D eigenvalue weighted by atomic mass is 10.1. The number of methoxy groups -OCH3 is 1. The van der Waals surface area contributed by atoms with Gasteiger partial charge in [0.1, 0.15) is 18.2 Å². The van der Waals surface area contributed by atoms with Crippen molar-refractivity contribution in [2.45, 2.75) is 32.4 Å². The van der Waals surface area contributed by atoms with E-state index in [-0.39, 0.29) is 6.61 Å². The van der Waals surface area contributed by atoms with E-state index < -0.39 is 6.09 Å². The molecule has 0 saturated heterocycles. The van der Waals surface area contributed by atoms with Gasteiger partial charge in [-0.25, -0.2) is 9.78 Å². The van der Waals surface area contributed by atoms with Gasteiger partial charge in [-0.1, -0.05) is 12.1 Å². The number of nitrogens with zero attached hydrogens (tertiary/aromatic N) is 4. The van der Waals surface area contributed by atoms with Gasteiger partial charge in [0, 0.05) is 31.3 Å². The molecule has 8 heteroatoms. The molecule has 4 aromatic rings. The van der Waals surface area contributed by atoms with Gasteiger partial charge >= 0.3 is 6.09 Å². The van der Waals surface area contributed by atoms with Gasteiger partial charge in [-0.3, -0.25) is 10.00 Å². The Morgan fingerprint density at radius 1 is 1.16 bits per heavy atom. The number of anilines is 1. The summed E-state index contributed by atoms with van der Waals surface area (Å²) in [7, 11) is 3.45. The van der Waals surface area contributed by atoms with Gasteiger partial charge in [-0.15, -0.1) is 0 Å². The highest BCUT2D eigenvalue weighted by Gasteiger charge is 2.16. The average molecular weight is 431 g/mol. The van der Waals surface area contributed by atoms with Crippen molar-refractivity contribution in [2.24, 2.45) is 7.05 Å². The molecule has 1 aliphatic rings. The third kappa shape index (κ3) is 3.79. The normalized spacial score (nSPS) is 13.1. The largest absolute Gasteiger partial charge is 0.496 e. The Hall–Kier alpha value is -3.81. The van der Waals surface area contributed by atoms with Crippen molar-refractivity contribution in [1.82, 2.24) is 19.3 Å². The zero-order valence-corrected chi connectivity index (χ0v) is 18.2. The fourth-order valence-electron chi connectivity index (χ4n) is 4.17. The molecule has 0 aliphatic carbocycles. The Morgan fingerprint density at radius 2 is 2.03 bits per heavy atom. The number of hydrogen-bond donors (Lipinski definition) is 1. The van der Waals surface area contributed by atoms with Crippen LogP contribution in [0.1, 0.15) is 24.4 Å². The number of benzene rings is 2. The molecule has 2 aromatic carbocycles. The van der Waals surface area contributed by atoms with Gasteiger partial charge in [0.25, 0.3) is 0 Å². The number of carbonyl (C=O) groups is 1. The lowest BCUT2D eigenvalue weighted by Crippen LogP contribution is -2.14. The molecule has 0 spiro atoms. The number of fused-ring (bicyclic) bond motifs is 3. The van der Waals surface area contributed by atoms with Crippen LogP contribution in [0.25, 0.3) is 22.3 Å². The Labute approximate surface area is 185 Å². The van der Waals surface area contributed by atoms with E-state index >= 15 is 0 Å². The first-order valence-electron chi connectivity index (χ1n) is 10.7. The van der Waals surface area contributed by atoms with Crippen molar-refractivity contribution in [3.63, 3.8) is 0 Å². The van der Waals surface area contributed by atoms with Crippen molar-refractivity contribution in [1.29, 1.82) is 0 Å². The van der Waals surface area contributed by atoms with Crippen molar-refractivity contribution in [2.75, 3.05) is 12.4 Å². The summed E-state index contributed by atoms with van der Waals surface area (Å²) in [5.41, 5.74) is 5.09. The number of aryl methyl sites for hydroxylation is 3. The highest BCUT2D eigenvalue weighted by Crippen LogP contribution is 2.29. The van der Waals surface area contributed by atoms with Crippen LogP contribution >= 0.6 is 0 Å².